The smallest absolute Gasteiger partial charge is 0.303 e. The van der Waals surface area contributed by atoms with Crippen LogP contribution < -0.4 is 9.47 Å². The lowest BCUT2D eigenvalue weighted by Crippen LogP contribution is -1.98. The first kappa shape index (κ1) is 20.1. The van der Waals surface area contributed by atoms with Crippen molar-refractivity contribution in [2.45, 2.75) is 26.2 Å². The van der Waals surface area contributed by atoms with Gasteiger partial charge >= 0.3 is 5.97 Å². The SMILES string of the molecule is CCOc1ccc(C(=C(C#N)CCCC(=O)O)c2ccc(OC)cc2)cc1. The fraction of sp³-hybridized carbons (Fsp3) is 0.273. The van der Waals surface area contributed by atoms with Crippen LogP contribution in [0.1, 0.15) is 37.3 Å². The molecule has 0 aliphatic heterocycles. The maximum atomic E-state index is 10.8. The number of carbonyl (C=O) groups is 1. The van der Waals surface area contributed by atoms with Crippen molar-refractivity contribution in [3.05, 3.63) is 65.2 Å². The van der Waals surface area contributed by atoms with E-state index < -0.39 is 5.97 Å². The Morgan fingerprint density at radius 2 is 1.56 bits per heavy atom. The van der Waals surface area contributed by atoms with Crippen molar-refractivity contribution in [2.24, 2.45) is 0 Å². The average Bonchev–Trinajstić information content (AvgIpc) is 2.68. The Labute approximate surface area is 159 Å². The second-order valence-corrected chi connectivity index (χ2v) is 5.90. The quantitative estimate of drug-likeness (QED) is 0.653. The molecule has 0 unspecified atom stereocenters. The summed E-state index contributed by atoms with van der Waals surface area (Å²) in [6.45, 7) is 2.51. The Morgan fingerprint density at radius 1 is 1.00 bits per heavy atom. The Hall–Kier alpha value is -3.26. The number of ether oxygens (including phenoxy) is 2. The first-order chi connectivity index (χ1) is 13.1. The molecule has 0 saturated heterocycles. The molecule has 0 heterocycles. The number of benzene rings is 2. The van der Waals surface area contributed by atoms with Gasteiger partial charge in [-0.3, -0.25) is 4.79 Å². The fourth-order valence-electron chi connectivity index (χ4n) is 2.81. The molecule has 2 rings (SSSR count). The number of methoxy groups -OCH3 is 1. The lowest BCUT2D eigenvalue weighted by Gasteiger charge is -2.13. The average molecular weight is 365 g/mol. The first-order valence-electron chi connectivity index (χ1n) is 8.81. The zero-order valence-electron chi connectivity index (χ0n) is 15.6. The minimum Gasteiger partial charge on any atom is -0.497 e. The first-order valence-corrected chi connectivity index (χ1v) is 8.81. The molecule has 2 aromatic carbocycles. The van der Waals surface area contributed by atoms with Crippen molar-refractivity contribution in [1.82, 2.24) is 0 Å². The van der Waals surface area contributed by atoms with Crippen molar-refractivity contribution in [3.8, 4) is 17.6 Å². The second kappa shape index (κ2) is 10.0. The predicted octanol–water partition coefficient (Wildman–Crippen LogP) is 4.67. The number of hydrogen-bond acceptors (Lipinski definition) is 4. The lowest BCUT2D eigenvalue weighted by atomic mass is 9.91. The van der Waals surface area contributed by atoms with Crippen molar-refractivity contribution in [3.63, 3.8) is 0 Å². The van der Waals surface area contributed by atoms with Crippen LogP contribution >= 0.6 is 0 Å². The van der Waals surface area contributed by atoms with Gasteiger partial charge in [-0.1, -0.05) is 24.3 Å². The largest absolute Gasteiger partial charge is 0.497 e. The van der Waals surface area contributed by atoms with Gasteiger partial charge in [0.1, 0.15) is 11.5 Å². The van der Waals surface area contributed by atoms with Crippen molar-refractivity contribution in [1.29, 1.82) is 5.26 Å². The molecule has 1 N–H and O–H groups in total. The van der Waals surface area contributed by atoms with Crippen LogP contribution in [0.2, 0.25) is 0 Å². The summed E-state index contributed by atoms with van der Waals surface area (Å²) < 4.78 is 10.7. The summed E-state index contributed by atoms with van der Waals surface area (Å²) in [5.41, 5.74) is 3.13. The normalized spacial score (nSPS) is 11.3. The van der Waals surface area contributed by atoms with Crippen LogP contribution in [0.4, 0.5) is 0 Å². The van der Waals surface area contributed by atoms with Crippen LogP contribution in [0.25, 0.3) is 5.57 Å². The molecule has 0 spiro atoms. The van der Waals surface area contributed by atoms with E-state index in [0.29, 0.717) is 25.0 Å². The molecule has 5 nitrogen and oxygen atoms in total. The van der Waals surface area contributed by atoms with Crippen LogP contribution in [0.5, 0.6) is 11.5 Å². The van der Waals surface area contributed by atoms with Crippen molar-refractivity contribution in [2.75, 3.05) is 13.7 Å². The predicted molar refractivity (Wildman–Crippen MR) is 104 cm³/mol. The van der Waals surface area contributed by atoms with Gasteiger partial charge in [0.15, 0.2) is 0 Å². The van der Waals surface area contributed by atoms with Crippen molar-refractivity contribution >= 4 is 11.5 Å². The Balaban J connectivity index is 2.47. The number of aliphatic carboxylic acids is 1. The topological polar surface area (TPSA) is 79.5 Å². The number of rotatable bonds is 9. The minimum atomic E-state index is -0.862. The van der Waals surface area contributed by atoms with Gasteiger partial charge < -0.3 is 14.6 Å². The summed E-state index contributed by atoms with van der Waals surface area (Å²) in [5, 5.41) is 18.6. The van der Waals surface area contributed by atoms with Gasteiger partial charge in [0, 0.05) is 17.6 Å². The molecule has 0 bridgehead atoms. The van der Waals surface area contributed by atoms with E-state index in [2.05, 4.69) is 6.07 Å². The van der Waals surface area contributed by atoms with E-state index in [1.807, 2.05) is 55.5 Å². The minimum absolute atomic E-state index is 0.0321. The number of carboxylic acid groups (broad SMARTS) is 1. The van der Waals surface area contributed by atoms with E-state index in [9.17, 15) is 10.1 Å². The molecule has 140 valence electrons. The summed E-state index contributed by atoms with van der Waals surface area (Å²) in [5.74, 6) is 0.633. The van der Waals surface area contributed by atoms with E-state index in [1.54, 1.807) is 7.11 Å². The lowest BCUT2D eigenvalue weighted by molar-refractivity contribution is -0.137. The van der Waals surface area contributed by atoms with Crippen LogP contribution in [0, 0.1) is 11.3 Å². The van der Waals surface area contributed by atoms with Gasteiger partial charge in [-0.2, -0.15) is 5.26 Å². The molecule has 0 saturated carbocycles. The van der Waals surface area contributed by atoms with Crippen LogP contribution in [-0.4, -0.2) is 24.8 Å². The van der Waals surface area contributed by atoms with E-state index in [0.717, 1.165) is 28.2 Å². The standard InChI is InChI=1S/C22H23NO4/c1-3-27-20-13-9-17(10-14-20)22(16-7-11-19(26-2)12-8-16)18(15-23)5-4-6-21(24)25/h7-14H,3-6H2,1-2H3,(H,24,25). The van der Waals surface area contributed by atoms with Gasteiger partial charge in [-0.05, 0) is 55.2 Å². The van der Waals surface area contributed by atoms with E-state index in [-0.39, 0.29) is 6.42 Å². The van der Waals surface area contributed by atoms with Crippen LogP contribution in [0.15, 0.2) is 54.1 Å². The Kier molecular flexibility index (Phi) is 7.45. The van der Waals surface area contributed by atoms with Gasteiger partial charge in [0.25, 0.3) is 0 Å². The maximum absolute atomic E-state index is 10.8. The number of nitriles is 1. The Bertz CT molecular complexity index is 830. The highest BCUT2D eigenvalue weighted by Gasteiger charge is 2.13. The number of allylic oxidation sites excluding steroid dienone is 1. The highest BCUT2D eigenvalue weighted by atomic mass is 16.5. The van der Waals surface area contributed by atoms with Crippen LogP contribution in [-0.2, 0) is 4.79 Å². The molecular weight excluding hydrogens is 342 g/mol. The molecule has 0 radical (unpaired) electrons. The highest BCUT2D eigenvalue weighted by Crippen LogP contribution is 2.31. The molecule has 27 heavy (non-hydrogen) atoms. The van der Waals surface area contributed by atoms with Crippen molar-refractivity contribution < 1.29 is 19.4 Å². The van der Waals surface area contributed by atoms with E-state index in [1.165, 1.54) is 0 Å². The monoisotopic (exact) mass is 365 g/mol. The molecule has 0 aliphatic carbocycles. The Morgan fingerprint density at radius 3 is 2.00 bits per heavy atom. The van der Waals surface area contributed by atoms with Gasteiger partial charge in [-0.15, -0.1) is 0 Å². The summed E-state index contributed by atoms with van der Waals surface area (Å²) in [6.07, 6.45) is 0.844. The summed E-state index contributed by atoms with van der Waals surface area (Å²) >= 11 is 0. The summed E-state index contributed by atoms with van der Waals surface area (Å²) in [6, 6.07) is 17.3. The van der Waals surface area contributed by atoms with Crippen LogP contribution in [0.3, 0.4) is 0 Å². The van der Waals surface area contributed by atoms with E-state index in [4.69, 9.17) is 14.6 Å². The number of carboxylic acids is 1. The summed E-state index contributed by atoms with van der Waals surface area (Å²) in [7, 11) is 1.60. The zero-order chi connectivity index (χ0) is 19.6. The van der Waals surface area contributed by atoms with Gasteiger partial charge in [0.05, 0.1) is 19.8 Å². The third-order valence-electron chi connectivity index (χ3n) is 4.09. The molecule has 0 fully saturated rings. The molecule has 0 aliphatic rings. The molecule has 0 atom stereocenters. The molecule has 2 aromatic rings. The third kappa shape index (κ3) is 5.61. The zero-order valence-corrected chi connectivity index (χ0v) is 15.6. The number of hydrogen-bond donors (Lipinski definition) is 1. The fourth-order valence-corrected chi connectivity index (χ4v) is 2.81. The number of nitrogens with zero attached hydrogens (tertiary/aromatic N) is 1. The summed E-state index contributed by atoms with van der Waals surface area (Å²) in [4.78, 5) is 10.8. The molecule has 0 amide bonds. The third-order valence-corrected chi connectivity index (χ3v) is 4.09. The van der Waals surface area contributed by atoms with Gasteiger partial charge in [0.2, 0.25) is 0 Å². The molecular formula is C22H23NO4. The van der Waals surface area contributed by atoms with E-state index >= 15 is 0 Å². The second-order valence-electron chi connectivity index (χ2n) is 5.90. The molecule has 5 heteroatoms. The maximum Gasteiger partial charge on any atom is 0.303 e. The highest BCUT2D eigenvalue weighted by molar-refractivity contribution is 5.84. The molecule has 0 aromatic heterocycles. The van der Waals surface area contributed by atoms with Gasteiger partial charge in [-0.25, -0.2) is 0 Å².